The number of fused-ring (bicyclic) bond motifs is 1. The third kappa shape index (κ3) is 3.82. The molecule has 7 heteroatoms. The van der Waals surface area contributed by atoms with Crippen LogP contribution in [-0.2, 0) is 0 Å². The van der Waals surface area contributed by atoms with Gasteiger partial charge in [0.25, 0.3) is 5.91 Å². The largest absolute Gasteiger partial charge is 0.497 e. The molecule has 1 saturated heterocycles. The molecular weight excluding hydrogens is 388 g/mol. The molecule has 3 aromatic rings. The maximum absolute atomic E-state index is 12.7. The number of methoxy groups -OCH3 is 1. The minimum atomic E-state index is -0.0381. The van der Waals surface area contributed by atoms with Crippen molar-refractivity contribution in [2.24, 2.45) is 0 Å². The predicted octanol–water partition coefficient (Wildman–Crippen LogP) is 3.73. The molecule has 0 unspecified atom stereocenters. The van der Waals surface area contributed by atoms with Gasteiger partial charge in [0.05, 0.1) is 18.2 Å². The van der Waals surface area contributed by atoms with Gasteiger partial charge in [0.1, 0.15) is 17.6 Å². The van der Waals surface area contributed by atoms with Crippen LogP contribution in [0.15, 0.2) is 48.5 Å². The minimum Gasteiger partial charge on any atom is -0.497 e. The Kier molecular flexibility index (Phi) is 5.24. The van der Waals surface area contributed by atoms with Gasteiger partial charge < -0.3 is 14.5 Å². The summed E-state index contributed by atoms with van der Waals surface area (Å²) in [6, 6.07) is 16.7. The van der Waals surface area contributed by atoms with E-state index in [1.807, 2.05) is 24.3 Å². The molecule has 4 rings (SSSR count). The topological polar surface area (TPSA) is 69.5 Å². The van der Waals surface area contributed by atoms with Gasteiger partial charge in [-0.15, -0.1) is 0 Å². The molecule has 0 atom stereocenters. The van der Waals surface area contributed by atoms with E-state index in [0.29, 0.717) is 48.1 Å². The molecule has 0 N–H and O–H groups in total. The molecule has 0 spiro atoms. The molecule has 1 fully saturated rings. The van der Waals surface area contributed by atoms with E-state index in [1.54, 1.807) is 36.3 Å². The van der Waals surface area contributed by atoms with Crippen molar-refractivity contribution in [3.63, 3.8) is 0 Å². The van der Waals surface area contributed by atoms with E-state index >= 15 is 0 Å². The van der Waals surface area contributed by atoms with E-state index in [2.05, 4.69) is 11.0 Å². The fraction of sp³-hybridized carbons (Fsp3) is 0.227. The molecule has 6 nitrogen and oxygen atoms in total. The Balaban J connectivity index is 1.55. The molecule has 1 amide bonds. The van der Waals surface area contributed by atoms with Crippen LogP contribution in [0.5, 0.6) is 5.75 Å². The third-order valence-corrected chi connectivity index (χ3v) is 5.30. The van der Waals surface area contributed by atoms with Gasteiger partial charge in [0.15, 0.2) is 0 Å². The SMILES string of the molecule is COc1ccc2cc(C#N)c(N3CCN(C(=O)c4cccc(Cl)c4)CC3)nc2c1. The number of hydrogen-bond acceptors (Lipinski definition) is 5. The summed E-state index contributed by atoms with van der Waals surface area (Å²) < 4.78 is 5.28. The van der Waals surface area contributed by atoms with E-state index in [9.17, 15) is 10.1 Å². The van der Waals surface area contributed by atoms with Crippen LogP contribution < -0.4 is 9.64 Å². The molecular formula is C22H19ClN4O2. The van der Waals surface area contributed by atoms with Gasteiger partial charge >= 0.3 is 0 Å². The molecule has 0 bridgehead atoms. The molecule has 29 heavy (non-hydrogen) atoms. The number of amides is 1. The summed E-state index contributed by atoms with van der Waals surface area (Å²) in [5.41, 5.74) is 1.88. The van der Waals surface area contributed by atoms with Gasteiger partial charge in [-0.25, -0.2) is 4.98 Å². The Labute approximate surface area is 173 Å². The second-order valence-electron chi connectivity index (χ2n) is 6.82. The highest BCUT2D eigenvalue weighted by Crippen LogP contribution is 2.27. The summed E-state index contributed by atoms with van der Waals surface area (Å²) in [7, 11) is 1.61. The molecule has 2 aromatic carbocycles. The van der Waals surface area contributed by atoms with Gasteiger partial charge in [-0.05, 0) is 36.4 Å². The fourth-order valence-corrected chi connectivity index (χ4v) is 3.70. The number of halogens is 1. The molecule has 0 radical (unpaired) electrons. The first kappa shape index (κ1) is 19.0. The maximum Gasteiger partial charge on any atom is 0.254 e. The van der Waals surface area contributed by atoms with Crippen molar-refractivity contribution in [2.45, 2.75) is 0 Å². The third-order valence-electron chi connectivity index (χ3n) is 5.06. The van der Waals surface area contributed by atoms with E-state index in [-0.39, 0.29) is 5.91 Å². The standard InChI is InChI=1S/C22H19ClN4O2/c1-29-19-6-5-15-11-17(14-24)21(25-20(15)13-19)26-7-9-27(10-8-26)22(28)16-3-2-4-18(23)12-16/h2-6,11-13H,7-10H2,1H3. The number of anilines is 1. The second-order valence-corrected chi connectivity index (χ2v) is 7.26. The van der Waals surface area contributed by atoms with Crippen LogP contribution in [0, 0.1) is 11.3 Å². The van der Waals surface area contributed by atoms with Crippen LogP contribution in [0.3, 0.4) is 0 Å². The van der Waals surface area contributed by atoms with Crippen LogP contribution in [0.4, 0.5) is 5.82 Å². The lowest BCUT2D eigenvalue weighted by Gasteiger charge is -2.36. The summed E-state index contributed by atoms with van der Waals surface area (Å²) in [6.45, 7) is 2.30. The Bertz CT molecular complexity index is 1120. The summed E-state index contributed by atoms with van der Waals surface area (Å²) in [6.07, 6.45) is 0. The molecule has 0 saturated carbocycles. The zero-order valence-electron chi connectivity index (χ0n) is 15.9. The fourth-order valence-electron chi connectivity index (χ4n) is 3.51. The van der Waals surface area contributed by atoms with Crippen molar-refractivity contribution in [2.75, 3.05) is 38.2 Å². The summed E-state index contributed by atoms with van der Waals surface area (Å²) in [5.74, 6) is 1.32. The molecule has 1 aliphatic heterocycles. The summed E-state index contributed by atoms with van der Waals surface area (Å²) in [5, 5.41) is 11.0. The van der Waals surface area contributed by atoms with Crippen LogP contribution >= 0.6 is 11.6 Å². The number of pyridine rings is 1. The average molecular weight is 407 g/mol. The van der Waals surface area contributed by atoms with Crippen LogP contribution in [0.1, 0.15) is 15.9 Å². The molecule has 146 valence electrons. The monoisotopic (exact) mass is 406 g/mol. The Morgan fingerprint density at radius 3 is 2.62 bits per heavy atom. The van der Waals surface area contributed by atoms with Gasteiger partial charge in [0, 0.05) is 48.2 Å². The molecule has 1 aliphatic rings. The van der Waals surface area contributed by atoms with Gasteiger partial charge in [-0.2, -0.15) is 5.26 Å². The van der Waals surface area contributed by atoms with Crippen molar-refractivity contribution in [3.05, 3.63) is 64.7 Å². The zero-order chi connectivity index (χ0) is 20.4. The first-order chi connectivity index (χ1) is 14.1. The number of carbonyl (C=O) groups is 1. The smallest absolute Gasteiger partial charge is 0.254 e. The number of rotatable bonds is 3. The normalized spacial score (nSPS) is 14.0. The zero-order valence-corrected chi connectivity index (χ0v) is 16.7. The van der Waals surface area contributed by atoms with E-state index < -0.39 is 0 Å². The Hall–Kier alpha value is -3.30. The van der Waals surface area contributed by atoms with Gasteiger partial charge in [-0.3, -0.25) is 4.79 Å². The summed E-state index contributed by atoms with van der Waals surface area (Å²) in [4.78, 5) is 21.3. The van der Waals surface area contributed by atoms with Crippen LogP contribution in [0.25, 0.3) is 10.9 Å². The van der Waals surface area contributed by atoms with Crippen molar-refractivity contribution < 1.29 is 9.53 Å². The second kappa shape index (κ2) is 7.98. The highest BCUT2D eigenvalue weighted by atomic mass is 35.5. The quantitative estimate of drug-likeness (QED) is 0.662. The van der Waals surface area contributed by atoms with E-state index in [0.717, 1.165) is 16.7 Å². The molecule has 1 aromatic heterocycles. The van der Waals surface area contributed by atoms with Crippen molar-refractivity contribution >= 4 is 34.2 Å². The van der Waals surface area contributed by atoms with Gasteiger partial charge in [0.2, 0.25) is 0 Å². The first-order valence-electron chi connectivity index (χ1n) is 9.28. The predicted molar refractivity (Wildman–Crippen MR) is 113 cm³/mol. The first-order valence-corrected chi connectivity index (χ1v) is 9.65. The number of ether oxygens (including phenoxy) is 1. The van der Waals surface area contributed by atoms with Crippen molar-refractivity contribution in [3.8, 4) is 11.8 Å². The summed E-state index contributed by atoms with van der Waals surface area (Å²) >= 11 is 6.01. The van der Waals surface area contributed by atoms with Crippen LogP contribution in [0.2, 0.25) is 5.02 Å². The molecule has 0 aliphatic carbocycles. The number of benzene rings is 2. The van der Waals surface area contributed by atoms with E-state index in [4.69, 9.17) is 21.3 Å². The number of piperazine rings is 1. The van der Waals surface area contributed by atoms with Crippen LogP contribution in [-0.4, -0.2) is 49.1 Å². The number of hydrogen-bond donors (Lipinski definition) is 0. The number of aromatic nitrogens is 1. The lowest BCUT2D eigenvalue weighted by atomic mass is 10.1. The minimum absolute atomic E-state index is 0.0381. The number of nitriles is 1. The number of nitrogens with zero attached hydrogens (tertiary/aromatic N) is 4. The molecule has 2 heterocycles. The average Bonchev–Trinajstić information content (AvgIpc) is 2.77. The van der Waals surface area contributed by atoms with E-state index in [1.165, 1.54) is 0 Å². The van der Waals surface area contributed by atoms with Crippen molar-refractivity contribution in [1.29, 1.82) is 5.26 Å². The lowest BCUT2D eigenvalue weighted by molar-refractivity contribution is 0.0746. The highest BCUT2D eigenvalue weighted by molar-refractivity contribution is 6.30. The Morgan fingerprint density at radius 2 is 1.93 bits per heavy atom. The highest BCUT2D eigenvalue weighted by Gasteiger charge is 2.24. The maximum atomic E-state index is 12.7. The number of carbonyl (C=O) groups excluding carboxylic acids is 1. The lowest BCUT2D eigenvalue weighted by Crippen LogP contribution is -2.49. The van der Waals surface area contributed by atoms with Crippen molar-refractivity contribution in [1.82, 2.24) is 9.88 Å². The van der Waals surface area contributed by atoms with Gasteiger partial charge in [-0.1, -0.05) is 17.7 Å². The Morgan fingerprint density at radius 1 is 1.14 bits per heavy atom.